The summed E-state index contributed by atoms with van der Waals surface area (Å²) >= 11 is 0. The molecule has 0 aliphatic heterocycles. The average Bonchev–Trinajstić information content (AvgIpc) is 2.11. The zero-order chi connectivity index (χ0) is 11.0. The molecule has 0 fully saturated rings. The van der Waals surface area contributed by atoms with Gasteiger partial charge in [-0.1, -0.05) is 0 Å². The zero-order valence-corrected chi connectivity index (χ0v) is 8.65. The molecule has 0 aromatic rings. The summed E-state index contributed by atoms with van der Waals surface area (Å²) < 4.78 is 5.06. The van der Waals surface area contributed by atoms with E-state index in [0.717, 1.165) is 0 Å². The van der Waals surface area contributed by atoms with E-state index in [-0.39, 0.29) is 12.5 Å². The van der Waals surface area contributed by atoms with Crippen LogP contribution in [0.4, 0.5) is 0 Å². The van der Waals surface area contributed by atoms with Crippen molar-refractivity contribution in [2.75, 3.05) is 26.8 Å². The van der Waals surface area contributed by atoms with Gasteiger partial charge < -0.3 is 14.7 Å². The van der Waals surface area contributed by atoms with E-state index in [1.165, 1.54) is 11.9 Å². The van der Waals surface area contributed by atoms with Gasteiger partial charge in [-0.15, -0.1) is 0 Å². The molecule has 0 rings (SSSR count). The quantitative estimate of drug-likeness (QED) is 0.606. The van der Waals surface area contributed by atoms with E-state index in [0.29, 0.717) is 26.1 Å². The Hall–Kier alpha value is -1.10. The van der Waals surface area contributed by atoms with Crippen molar-refractivity contribution in [1.82, 2.24) is 4.90 Å². The van der Waals surface area contributed by atoms with Crippen LogP contribution in [0.25, 0.3) is 0 Å². The van der Waals surface area contributed by atoms with Crippen LogP contribution in [-0.2, 0) is 14.3 Å². The number of amides is 1. The fraction of sp³-hybridized carbons (Fsp3) is 0.778. The Morgan fingerprint density at radius 3 is 2.57 bits per heavy atom. The summed E-state index contributed by atoms with van der Waals surface area (Å²) in [6.45, 7) is 2.83. The molecule has 0 saturated carbocycles. The SMILES string of the molecule is CCOCCCC(=O)N(C)CC(=O)O. The van der Waals surface area contributed by atoms with Crippen LogP contribution >= 0.6 is 0 Å². The minimum atomic E-state index is -0.995. The van der Waals surface area contributed by atoms with Crippen LogP contribution in [0.3, 0.4) is 0 Å². The van der Waals surface area contributed by atoms with E-state index in [4.69, 9.17) is 9.84 Å². The van der Waals surface area contributed by atoms with Crippen molar-refractivity contribution in [3.8, 4) is 0 Å². The van der Waals surface area contributed by atoms with Crippen molar-refractivity contribution >= 4 is 11.9 Å². The first-order valence-electron chi connectivity index (χ1n) is 4.61. The van der Waals surface area contributed by atoms with E-state index < -0.39 is 5.97 Å². The number of hydrogen-bond donors (Lipinski definition) is 1. The fourth-order valence-corrected chi connectivity index (χ4v) is 0.952. The molecule has 1 N–H and O–H groups in total. The standard InChI is InChI=1S/C9H17NO4/c1-3-14-6-4-5-8(11)10(2)7-9(12)13/h3-7H2,1-2H3,(H,12,13). The van der Waals surface area contributed by atoms with Gasteiger partial charge in [0.05, 0.1) is 0 Å². The maximum atomic E-state index is 11.2. The molecule has 5 heteroatoms. The molecule has 0 saturated heterocycles. The number of ether oxygens (including phenoxy) is 1. The Kier molecular flexibility index (Phi) is 6.74. The summed E-state index contributed by atoms with van der Waals surface area (Å²) in [6, 6.07) is 0. The van der Waals surface area contributed by atoms with Crippen LogP contribution in [0.2, 0.25) is 0 Å². The first-order chi connectivity index (χ1) is 6.57. The number of rotatable bonds is 7. The minimum absolute atomic E-state index is 0.160. The zero-order valence-electron chi connectivity index (χ0n) is 8.65. The fourth-order valence-electron chi connectivity index (χ4n) is 0.952. The van der Waals surface area contributed by atoms with Gasteiger partial charge in [-0.3, -0.25) is 9.59 Å². The topological polar surface area (TPSA) is 66.8 Å². The molecule has 0 unspecified atom stereocenters. The average molecular weight is 203 g/mol. The van der Waals surface area contributed by atoms with Crippen LogP contribution < -0.4 is 0 Å². The normalized spacial score (nSPS) is 9.86. The van der Waals surface area contributed by atoms with Gasteiger partial charge >= 0.3 is 5.97 Å². The Balaban J connectivity index is 3.57. The molecule has 0 heterocycles. The van der Waals surface area contributed by atoms with E-state index in [1.54, 1.807) is 0 Å². The van der Waals surface area contributed by atoms with Crippen molar-refractivity contribution in [2.24, 2.45) is 0 Å². The lowest BCUT2D eigenvalue weighted by atomic mass is 10.3. The number of hydrogen-bond acceptors (Lipinski definition) is 3. The first-order valence-corrected chi connectivity index (χ1v) is 4.61. The maximum absolute atomic E-state index is 11.2. The molecule has 5 nitrogen and oxygen atoms in total. The predicted octanol–water partition coefficient (Wildman–Crippen LogP) is 0.346. The molecule has 0 radical (unpaired) electrons. The van der Waals surface area contributed by atoms with Gasteiger partial charge in [0.15, 0.2) is 0 Å². The lowest BCUT2D eigenvalue weighted by Crippen LogP contribution is -2.31. The monoisotopic (exact) mass is 203 g/mol. The summed E-state index contributed by atoms with van der Waals surface area (Å²) in [5, 5.41) is 8.42. The van der Waals surface area contributed by atoms with E-state index in [9.17, 15) is 9.59 Å². The van der Waals surface area contributed by atoms with Crippen LogP contribution in [0.15, 0.2) is 0 Å². The molecule has 14 heavy (non-hydrogen) atoms. The second-order valence-electron chi connectivity index (χ2n) is 2.94. The highest BCUT2D eigenvalue weighted by Crippen LogP contribution is 1.96. The van der Waals surface area contributed by atoms with E-state index in [2.05, 4.69) is 0 Å². The molecular formula is C9H17NO4. The Labute approximate surface area is 83.6 Å². The van der Waals surface area contributed by atoms with Gasteiger partial charge in [-0.25, -0.2) is 0 Å². The number of nitrogens with zero attached hydrogens (tertiary/aromatic N) is 1. The maximum Gasteiger partial charge on any atom is 0.323 e. The van der Waals surface area contributed by atoms with Crippen LogP contribution in [-0.4, -0.2) is 48.7 Å². The first kappa shape index (κ1) is 12.9. The predicted molar refractivity (Wildman–Crippen MR) is 51.0 cm³/mol. The number of carbonyl (C=O) groups excluding carboxylic acids is 1. The molecule has 0 bridgehead atoms. The van der Waals surface area contributed by atoms with E-state index >= 15 is 0 Å². The Morgan fingerprint density at radius 2 is 2.07 bits per heavy atom. The number of likely N-dealkylation sites (N-methyl/N-ethyl adjacent to an activating group) is 1. The van der Waals surface area contributed by atoms with Gasteiger partial charge in [0.1, 0.15) is 6.54 Å². The van der Waals surface area contributed by atoms with Crippen molar-refractivity contribution in [3.63, 3.8) is 0 Å². The Bertz CT molecular complexity index is 193. The number of aliphatic carboxylic acids is 1. The van der Waals surface area contributed by atoms with Crippen LogP contribution in [0.1, 0.15) is 19.8 Å². The highest BCUT2D eigenvalue weighted by Gasteiger charge is 2.10. The minimum Gasteiger partial charge on any atom is -0.480 e. The molecule has 1 amide bonds. The third-order valence-corrected chi connectivity index (χ3v) is 1.68. The molecular weight excluding hydrogens is 186 g/mol. The third-order valence-electron chi connectivity index (χ3n) is 1.68. The summed E-state index contributed by atoms with van der Waals surface area (Å²) in [4.78, 5) is 22.7. The molecule has 82 valence electrons. The summed E-state index contributed by atoms with van der Waals surface area (Å²) in [5.74, 6) is -1.15. The highest BCUT2D eigenvalue weighted by molar-refractivity contribution is 5.80. The van der Waals surface area contributed by atoms with Crippen LogP contribution in [0.5, 0.6) is 0 Å². The highest BCUT2D eigenvalue weighted by atomic mass is 16.5. The third kappa shape index (κ3) is 6.42. The van der Waals surface area contributed by atoms with Gasteiger partial charge in [0.2, 0.25) is 5.91 Å². The molecule has 0 aliphatic rings. The van der Waals surface area contributed by atoms with Gasteiger partial charge in [0, 0.05) is 26.7 Å². The number of carbonyl (C=O) groups is 2. The lowest BCUT2D eigenvalue weighted by molar-refractivity contribution is -0.143. The smallest absolute Gasteiger partial charge is 0.323 e. The summed E-state index contributed by atoms with van der Waals surface area (Å²) in [6.07, 6.45) is 0.973. The van der Waals surface area contributed by atoms with Gasteiger partial charge in [-0.05, 0) is 13.3 Å². The van der Waals surface area contributed by atoms with Gasteiger partial charge in [0.25, 0.3) is 0 Å². The van der Waals surface area contributed by atoms with Crippen molar-refractivity contribution in [1.29, 1.82) is 0 Å². The van der Waals surface area contributed by atoms with E-state index in [1.807, 2.05) is 6.92 Å². The lowest BCUT2D eigenvalue weighted by Gasteiger charge is -2.13. The largest absolute Gasteiger partial charge is 0.480 e. The van der Waals surface area contributed by atoms with Crippen molar-refractivity contribution < 1.29 is 19.4 Å². The molecule has 0 aliphatic carbocycles. The molecule has 0 atom stereocenters. The second kappa shape index (κ2) is 7.32. The summed E-state index contributed by atoms with van der Waals surface area (Å²) in [7, 11) is 1.48. The van der Waals surface area contributed by atoms with Crippen molar-refractivity contribution in [2.45, 2.75) is 19.8 Å². The number of carboxylic acid groups (broad SMARTS) is 1. The molecule has 0 aromatic heterocycles. The van der Waals surface area contributed by atoms with Crippen LogP contribution in [0, 0.1) is 0 Å². The Morgan fingerprint density at radius 1 is 1.43 bits per heavy atom. The second-order valence-corrected chi connectivity index (χ2v) is 2.94. The number of carboxylic acids is 1. The molecule has 0 spiro atoms. The molecule has 0 aromatic carbocycles. The van der Waals surface area contributed by atoms with Gasteiger partial charge in [-0.2, -0.15) is 0 Å². The van der Waals surface area contributed by atoms with Crippen molar-refractivity contribution in [3.05, 3.63) is 0 Å². The summed E-state index contributed by atoms with van der Waals surface area (Å²) in [5.41, 5.74) is 0.